The average molecular weight is 394 g/mol. The van der Waals surface area contributed by atoms with E-state index < -0.39 is 15.9 Å². The van der Waals surface area contributed by atoms with Crippen LogP contribution in [-0.2, 0) is 14.8 Å². The average Bonchev–Trinajstić information content (AvgIpc) is 3.27. The predicted octanol–water partition coefficient (Wildman–Crippen LogP) is 1.25. The van der Waals surface area contributed by atoms with Crippen LogP contribution in [0, 0.1) is 0 Å². The number of carbonyl (C=O) groups excluding carboxylic acids is 2. The molecule has 1 aliphatic carbocycles. The molecule has 0 aromatic heterocycles. The first-order valence-electron chi connectivity index (χ1n) is 7.11. The zero-order valence-electron chi connectivity index (χ0n) is 13.1. The van der Waals surface area contributed by atoms with Crippen LogP contribution >= 0.6 is 23.2 Å². The predicted molar refractivity (Wildman–Crippen MR) is 90.8 cm³/mol. The molecule has 0 bridgehead atoms. The van der Waals surface area contributed by atoms with Crippen LogP contribution in [0.1, 0.15) is 23.2 Å². The summed E-state index contributed by atoms with van der Waals surface area (Å²) in [5.41, 5.74) is -0.0659. The summed E-state index contributed by atoms with van der Waals surface area (Å²) in [6.07, 6.45) is 1.54. The third-order valence-electron chi connectivity index (χ3n) is 3.35. The van der Waals surface area contributed by atoms with Gasteiger partial charge in [-0.2, -0.15) is 0 Å². The second-order valence-electron chi connectivity index (χ2n) is 5.63. The molecule has 0 radical (unpaired) electrons. The van der Waals surface area contributed by atoms with Gasteiger partial charge in [0.2, 0.25) is 15.9 Å². The van der Waals surface area contributed by atoms with Crippen LogP contribution in [-0.4, -0.2) is 51.8 Å². The van der Waals surface area contributed by atoms with Gasteiger partial charge in [0.05, 0.1) is 22.2 Å². The number of likely N-dealkylation sites (N-methyl/N-ethyl adjacent to an activating group) is 1. The highest BCUT2D eigenvalue weighted by atomic mass is 35.5. The molecule has 0 aliphatic heterocycles. The molecular formula is C14H17Cl2N3O4S. The molecule has 0 saturated heterocycles. The van der Waals surface area contributed by atoms with Crippen molar-refractivity contribution in [3.8, 4) is 0 Å². The SMILES string of the molecule is CN(C)C(=O)CNC(=O)c1cc(S(=O)(=O)NC2CC2)c(Cl)cc1Cl. The Kier molecular flexibility index (Phi) is 5.74. The van der Waals surface area contributed by atoms with Crippen molar-refractivity contribution < 1.29 is 18.0 Å². The first-order chi connectivity index (χ1) is 11.1. The fourth-order valence-electron chi connectivity index (χ4n) is 1.80. The van der Waals surface area contributed by atoms with E-state index in [2.05, 4.69) is 10.0 Å². The maximum absolute atomic E-state index is 12.3. The minimum Gasteiger partial charge on any atom is -0.347 e. The van der Waals surface area contributed by atoms with Crippen LogP contribution in [0.5, 0.6) is 0 Å². The smallest absolute Gasteiger partial charge is 0.253 e. The summed E-state index contributed by atoms with van der Waals surface area (Å²) >= 11 is 12.0. The van der Waals surface area contributed by atoms with Crippen LogP contribution in [0.4, 0.5) is 0 Å². The third-order valence-corrected chi connectivity index (χ3v) is 5.65. The molecule has 0 unspecified atom stereocenters. The van der Waals surface area contributed by atoms with Gasteiger partial charge in [0.1, 0.15) is 4.90 Å². The molecule has 2 N–H and O–H groups in total. The molecule has 1 saturated carbocycles. The summed E-state index contributed by atoms with van der Waals surface area (Å²) in [4.78, 5) is 24.8. The third kappa shape index (κ3) is 4.60. The Labute approximate surface area is 150 Å². The number of benzene rings is 1. The fraction of sp³-hybridized carbons (Fsp3) is 0.429. The first-order valence-corrected chi connectivity index (χ1v) is 9.35. The van der Waals surface area contributed by atoms with Crippen molar-refractivity contribution in [2.24, 2.45) is 0 Å². The van der Waals surface area contributed by atoms with Gasteiger partial charge in [-0.05, 0) is 25.0 Å². The second-order valence-corrected chi connectivity index (χ2v) is 8.13. The van der Waals surface area contributed by atoms with Gasteiger partial charge in [-0.15, -0.1) is 0 Å². The molecule has 1 fully saturated rings. The van der Waals surface area contributed by atoms with Crippen LogP contribution in [0.15, 0.2) is 17.0 Å². The summed E-state index contributed by atoms with van der Waals surface area (Å²) in [6.45, 7) is -0.229. The molecule has 10 heteroatoms. The van der Waals surface area contributed by atoms with Crippen molar-refractivity contribution in [1.82, 2.24) is 14.9 Å². The highest BCUT2D eigenvalue weighted by Crippen LogP contribution is 2.30. The number of amides is 2. The van der Waals surface area contributed by atoms with Gasteiger partial charge in [-0.3, -0.25) is 9.59 Å². The van der Waals surface area contributed by atoms with Crippen molar-refractivity contribution in [1.29, 1.82) is 0 Å². The molecule has 2 amide bonds. The van der Waals surface area contributed by atoms with E-state index in [1.54, 1.807) is 14.1 Å². The molecule has 1 aliphatic rings. The van der Waals surface area contributed by atoms with E-state index >= 15 is 0 Å². The second kappa shape index (κ2) is 7.26. The van der Waals surface area contributed by atoms with Gasteiger partial charge in [0, 0.05) is 20.1 Å². The van der Waals surface area contributed by atoms with Crippen LogP contribution < -0.4 is 10.0 Å². The standard InChI is InChI=1S/C14H17Cl2N3O4S/c1-19(2)13(20)7-17-14(21)9-5-12(11(16)6-10(9)15)24(22,23)18-8-3-4-8/h5-6,8,18H,3-4,7H2,1-2H3,(H,17,21). The number of carbonyl (C=O) groups is 2. The van der Waals surface area contributed by atoms with Gasteiger partial charge in [0.25, 0.3) is 5.91 Å². The fourth-order valence-corrected chi connectivity index (χ4v) is 3.97. The summed E-state index contributed by atoms with van der Waals surface area (Å²) in [5.74, 6) is -0.966. The molecule has 0 atom stereocenters. The van der Waals surface area contributed by atoms with E-state index in [4.69, 9.17) is 23.2 Å². The van der Waals surface area contributed by atoms with Crippen molar-refractivity contribution in [2.75, 3.05) is 20.6 Å². The normalized spacial score (nSPS) is 14.3. The maximum Gasteiger partial charge on any atom is 0.253 e. The lowest BCUT2D eigenvalue weighted by molar-refractivity contribution is -0.127. The van der Waals surface area contributed by atoms with E-state index in [0.29, 0.717) is 0 Å². The number of nitrogens with zero attached hydrogens (tertiary/aromatic N) is 1. The van der Waals surface area contributed by atoms with Gasteiger partial charge < -0.3 is 10.2 Å². The summed E-state index contributed by atoms with van der Waals surface area (Å²) < 4.78 is 27.1. The van der Waals surface area contributed by atoms with Gasteiger partial charge >= 0.3 is 0 Å². The zero-order valence-corrected chi connectivity index (χ0v) is 15.4. The highest BCUT2D eigenvalue weighted by Gasteiger charge is 2.30. The Hall–Kier alpha value is -1.35. The number of nitrogens with one attached hydrogen (secondary N) is 2. The van der Waals surface area contributed by atoms with E-state index in [-0.39, 0.29) is 39.0 Å². The molecule has 2 rings (SSSR count). The first kappa shape index (κ1) is 19.0. The summed E-state index contributed by atoms with van der Waals surface area (Å²) in [5, 5.41) is 2.32. The molecule has 1 aromatic rings. The Morgan fingerprint density at radius 3 is 2.38 bits per heavy atom. The molecular weight excluding hydrogens is 377 g/mol. The van der Waals surface area contributed by atoms with E-state index in [9.17, 15) is 18.0 Å². The molecule has 0 spiro atoms. The Morgan fingerprint density at radius 1 is 1.21 bits per heavy atom. The Bertz CT molecular complexity index is 776. The number of hydrogen-bond donors (Lipinski definition) is 2. The van der Waals surface area contributed by atoms with Crippen LogP contribution in [0.25, 0.3) is 0 Å². The molecule has 132 valence electrons. The monoisotopic (exact) mass is 393 g/mol. The lowest BCUT2D eigenvalue weighted by Crippen LogP contribution is -2.36. The Balaban J connectivity index is 2.25. The topological polar surface area (TPSA) is 95.6 Å². The highest BCUT2D eigenvalue weighted by molar-refractivity contribution is 7.89. The summed E-state index contributed by atoms with van der Waals surface area (Å²) in [6, 6.07) is 2.22. The number of halogens is 2. The molecule has 1 aromatic carbocycles. The number of hydrogen-bond acceptors (Lipinski definition) is 4. The largest absolute Gasteiger partial charge is 0.347 e. The van der Waals surface area contributed by atoms with E-state index in [0.717, 1.165) is 18.9 Å². The minimum absolute atomic E-state index is 0.000161. The Morgan fingerprint density at radius 2 is 1.83 bits per heavy atom. The molecule has 0 heterocycles. The zero-order chi connectivity index (χ0) is 18.1. The van der Waals surface area contributed by atoms with Gasteiger partial charge in [0.15, 0.2) is 0 Å². The quantitative estimate of drug-likeness (QED) is 0.759. The molecule has 24 heavy (non-hydrogen) atoms. The van der Waals surface area contributed by atoms with Crippen molar-refractivity contribution >= 4 is 45.0 Å². The number of rotatable bonds is 6. The lowest BCUT2D eigenvalue weighted by atomic mass is 10.2. The number of sulfonamides is 1. The van der Waals surface area contributed by atoms with Crippen molar-refractivity contribution in [3.05, 3.63) is 27.7 Å². The van der Waals surface area contributed by atoms with E-state index in [1.807, 2.05) is 0 Å². The summed E-state index contributed by atoms with van der Waals surface area (Å²) in [7, 11) is -0.734. The maximum atomic E-state index is 12.3. The van der Waals surface area contributed by atoms with E-state index in [1.165, 1.54) is 11.0 Å². The van der Waals surface area contributed by atoms with Crippen molar-refractivity contribution in [3.63, 3.8) is 0 Å². The lowest BCUT2D eigenvalue weighted by Gasteiger charge is -2.13. The van der Waals surface area contributed by atoms with Crippen LogP contribution in [0.2, 0.25) is 10.0 Å². The van der Waals surface area contributed by atoms with Crippen molar-refractivity contribution in [2.45, 2.75) is 23.8 Å². The minimum atomic E-state index is -3.84. The van der Waals surface area contributed by atoms with Gasteiger partial charge in [-0.1, -0.05) is 23.2 Å². The van der Waals surface area contributed by atoms with Gasteiger partial charge in [-0.25, -0.2) is 13.1 Å². The van der Waals surface area contributed by atoms with Crippen LogP contribution in [0.3, 0.4) is 0 Å². The molecule has 7 nitrogen and oxygen atoms in total.